The zero-order valence-corrected chi connectivity index (χ0v) is 18.3. The Morgan fingerprint density at radius 1 is 1.13 bits per heavy atom. The van der Waals surface area contributed by atoms with E-state index in [9.17, 15) is 0 Å². The zero-order valence-electron chi connectivity index (χ0n) is 18.3. The van der Waals surface area contributed by atoms with E-state index >= 15 is 0 Å². The maximum absolute atomic E-state index is 6.38. The lowest BCUT2D eigenvalue weighted by Gasteiger charge is -2.49. The van der Waals surface area contributed by atoms with Crippen LogP contribution >= 0.6 is 0 Å². The van der Waals surface area contributed by atoms with Crippen molar-refractivity contribution in [2.75, 3.05) is 19.8 Å². The van der Waals surface area contributed by atoms with Gasteiger partial charge in [0.25, 0.3) is 0 Å². The minimum Gasteiger partial charge on any atom is -0.493 e. The van der Waals surface area contributed by atoms with E-state index in [1.54, 1.807) is 0 Å². The molecule has 0 unspecified atom stereocenters. The molecule has 6 rings (SSSR count). The SMILES string of the molecule is CC[C@]12CCC3(C[C@H]1CCOc1cc4c(cnn4-c4ccnc(C)c4)cc12)OCCO3. The fourth-order valence-corrected chi connectivity index (χ4v) is 6.18. The highest BCUT2D eigenvalue weighted by Gasteiger charge is 2.53. The Balaban J connectivity index is 1.46. The van der Waals surface area contributed by atoms with Crippen LogP contribution in [-0.4, -0.2) is 40.4 Å². The number of pyridine rings is 1. The molecule has 2 aromatic heterocycles. The molecule has 31 heavy (non-hydrogen) atoms. The normalized spacial score (nSPS) is 27.0. The Morgan fingerprint density at radius 3 is 2.81 bits per heavy atom. The molecule has 162 valence electrons. The summed E-state index contributed by atoms with van der Waals surface area (Å²) >= 11 is 0. The van der Waals surface area contributed by atoms with Crippen LogP contribution in [0.2, 0.25) is 0 Å². The zero-order chi connectivity index (χ0) is 21.1. The van der Waals surface area contributed by atoms with Crippen molar-refractivity contribution in [3.8, 4) is 11.4 Å². The van der Waals surface area contributed by atoms with Crippen molar-refractivity contribution in [3.63, 3.8) is 0 Å². The van der Waals surface area contributed by atoms with Crippen molar-refractivity contribution in [1.82, 2.24) is 14.8 Å². The van der Waals surface area contributed by atoms with E-state index in [0.29, 0.717) is 19.1 Å². The number of benzene rings is 1. The minimum absolute atomic E-state index is 0.0932. The second-order valence-electron chi connectivity index (χ2n) is 9.27. The molecule has 0 N–H and O–H groups in total. The number of nitrogens with zero attached hydrogens (tertiary/aromatic N) is 3. The molecule has 3 aliphatic rings. The molecule has 2 atom stereocenters. The lowest BCUT2D eigenvalue weighted by Crippen LogP contribution is -2.48. The van der Waals surface area contributed by atoms with E-state index < -0.39 is 0 Å². The molecule has 1 saturated heterocycles. The summed E-state index contributed by atoms with van der Waals surface area (Å²) in [5, 5.41) is 5.86. The van der Waals surface area contributed by atoms with E-state index in [-0.39, 0.29) is 11.2 Å². The van der Waals surface area contributed by atoms with Gasteiger partial charge in [-0.3, -0.25) is 4.98 Å². The monoisotopic (exact) mass is 419 g/mol. The lowest BCUT2D eigenvalue weighted by atomic mass is 9.59. The van der Waals surface area contributed by atoms with E-state index in [2.05, 4.69) is 30.1 Å². The summed E-state index contributed by atoms with van der Waals surface area (Å²) in [7, 11) is 0. The number of ether oxygens (including phenoxy) is 3. The van der Waals surface area contributed by atoms with Gasteiger partial charge in [-0.25, -0.2) is 4.68 Å². The molecule has 6 heteroatoms. The maximum Gasteiger partial charge on any atom is 0.168 e. The number of rotatable bonds is 2. The standard InChI is InChI=1S/C25H29N3O3/c1-3-24-6-7-25(30-10-11-31-25)15-19(24)5-9-29-23-14-22-18(13-21(23)24)16-27-28(22)20-4-8-26-17(2)12-20/h4,8,12-14,16,19H,3,5-7,9-11,15H2,1-2H3/t19-,24+/m1/s1. The quantitative estimate of drug-likeness (QED) is 0.602. The highest BCUT2D eigenvalue weighted by atomic mass is 16.7. The molecule has 2 aliphatic heterocycles. The van der Waals surface area contributed by atoms with Gasteiger partial charge >= 0.3 is 0 Å². The highest BCUT2D eigenvalue weighted by molar-refractivity contribution is 5.83. The summed E-state index contributed by atoms with van der Waals surface area (Å²) < 4.78 is 20.6. The van der Waals surface area contributed by atoms with Crippen LogP contribution in [-0.2, 0) is 14.9 Å². The first-order chi connectivity index (χ1) is 15.1. The summed E-state index contributed by atoms with van der Waals surface area (Å²) in [4.78, 5) is 4.32. The van der Waals surface area contributed by atoms with E-state index in [4.69, 9.17) is 19.3 Å². The van der Waals surface area contributed by atoms with E-state index in [0.717, 1.165) is 66.7 Å². The van der Waals surface area contributed by atoms with Crippen molar-refractivity contribution < 1.29 is 14.2 Å². The fourth-order valence-electron chi connectivity index (χ4n) is 6.18. The Hall–Kier alpha value is -2.44. The molecule has 6 nitrogen and oxygen atoms in total. The summed E-state index contributed by atoms with van der Waals surface area (Å²) in [6.45, 7) is 6.48. The highest BCUT2D eigenvalue weighted by Crippen LogP contribution is 2.56. The summed E-state index contributed by atoms with van der Waals surface area (Å²) in [6, 6.07) is 8.58. The Morgan fingerprint density at radius 2 is 2.00 bits per heavy atom. The fraction of sp³-hybridized carbons (Fsp3) is 0.520. The Bertz CT molecular complexity index is 1130. The molecule has 3 aromatic rings. The van der Waals surface area contributed by atoms with Crippen molar-refractivity contribution in [1.29, 1.82) is 0 Å². The molecule has 4 heterocycles. The van der Waals surface area contributed by atoms with Gasteiger partial charge < -0.3 is 14.2 Å². The molecular weight excluding hydrogens is 390 g/mol. The van der Waals surface area contributed by atoms with Gasteiger partial charge in [0.05, 0.1) is 37.2 Å². The van der Waals surface area contributed by atoms with Gasteiger partial charge in [0.15, 0.2) is 5.79 Å². The third-order valence-electron chi connectivity index (χ3n) is 7.79. The lowest BCUT2D eigenvalue weighted by molar-refractivity contribution is -0.199. The van der Waals surface area contributed by atoms with Gasteiger partial charge in [0.2, 0.25) is 0 Å². The first kappa shape index (κ1) is 19.3. The van der Waals surface area contributed by atoms with E-state index in [1.807, 2.05) is 30.1 Å². The summed E-state index contributed by atoms with van der Waals surface area (Å²) in [5.74, 6) is 1.12. The first-order valence-corrected chi connectivity index (χ1v) is 11.5. The van der Waals surface area contributed by atoms with Crippen LogP contribution in [0.5, 0.6) is 5.75 Å². The summed E-state index contributed by atoms with van der Waals surface area (Å²) in [5.41, 5.74) is 4.50. The molecular formula is C25H29N3O3. The second kappa shape index (κ2) is 7.04. The van der Waals surface area contributed by atoms with Crippen molar-refractivity contribution in [2.45, 2.75) is 57.2 Å². The molecule has 1 aliphatic carbocycles. The molecule has 0 radical (unpaired) electrons. The molecule has 1 spiro atoms. The van der Waals surface area contributed by atoms with Crippen LogP contribution in [0.4, 0.5) is 0 Å². The van der Waals surface area contributed by atoms with Crippen molar-refractivity contribution in [3.05, 3.63) is 47.9 Å². The van der Waals surface area contributed by atoms with Crippen LogP contribution in [0.3, 0.4) is 0 Å². The van der Waals surface area contributed by atoms with Gasteiger partial charge in [-0.05, 0) is 50.3 Å². The van der Waals surface area contributed by atoms with Crippen LogP contribution in [0, 0.1) is 12.8 Å². The predicted octanol–water partition coefficient (Wildman–Crippen LogP) is 4.70. The molecule has 0 bridgehead atoms. The van der Waals surface area contributed by atoms with Crippen molar-refractivity contribution >= 4 is 10.9 Å². The smallest absolute Gasteiger partial charge is 0.168 e. The van der Waals surface area contributed by atoms with Crippen LogP contribution < -0.4 is 4.74 Å². The van der Waals surface area contributed by atoms with E-state index in [1.165, 1.54) is 5.56 Å². The predicted molar refractivity (Wildman–Crippen MR) is 118 cm³/mol. The Labute approximate surface area is 182 Å². The minimum atomic E-state index is -0.373. The largest absolute Gasteiger partial charge is 0.493 e. The van der Waals surface area contributed by atoms with Crippen LogP contribution in [0.15, 0.2) is 36.7 Å². The summed E-state index contributed by atoms with van der Waals surface area (Å²) in [6.07, 6.45) is 8.90. The third-order valence-corrected chi connectivity index (χ3v) is 7.79. The van der Waals surface area contributed by atoms with Gasteiger partial charge in [0, 0.05) is 47.2 Å². The third kappa shape index (κ3) is 2.92. The van der Waals surface area contributed by atoms with Gasteiger partial charge in [-0.2, -0.15) is 5.10 Å². The Kier molecular flexibility index (Phi) is 4.37. The number of hydrogen-bond donors (Lipinski definition) is 0. The number of fused-ring (bicyclic) bond motifs is 4. The van der Waals surface area contributed by atoms with Gasteiger partial charge in [-0.15, -0.1) is 0 Å². The molecule has 1 saturated carbocycles. The van der Waals surface area contributed by atoms with Gasteiger partial charge in [0.1, 0.15) is 5.75 Å². The average Bonchev–Trinajstić information content (AvgIpc) is 3.37. The second-order valence-corrected chi connectivity index (χ2v) is 9.27. The number of hydrogen-bond acceptors (Lipinski definition) is 5. The first-order valence-electron chi connectivity index (χ1n) is 11.5. The molecule has 0 amide bonds. The molecule has 1 aromatic carbocycles. The van der Waals surface area contributed by atoms with Gasteiger partial charge in [-0.1, -0.05) is 6.92 Å². The number of aryl methyl sites for hydroxylation is 1. The van der Waals surface area contributed by atoms with Crippen LogP contribution in [0.1, 0.15) is 50.3 Å². The maximum atomic E-state index is 6.38. The topological polar surface area (TPSA) is 58.4 Å². The van der Waals surface area contributed by atoms with Crippen LogP contribution in [0.25, 0.3) is 16.6 Å². The molecule has 2 fully saturated rings. The average molecular weight is 420 g/mol. The number of aromatic nitrogens is 3. The van der Waals surface area contributed by atoms with Crippen molar-refractivity contribution in [2.24, 2.45) is 5.92 Å².